The van der Waals surface area contributed by atoms with Crippen molar-refractivity contribution in [1.29, 1.82) is 0 Å². The van der Waals surface area contributed by atoms with Crippen LogP contribution >= 0.6 is 11.3 Å². The predicted molar refractivity (Wildman–Crippen MR) is 176 cm³/mol. The van der Waals surface area contributed by atoms with Crippen LogP contribution in [0.5, 0.6) is 5.75 Å². The smallest absolute Gasteiger partial charge is 0.393 e. The Balaban J connectivity index is 1.57. The number of esters is 1. The molecule has 276 valence electrons. The number of carbonyl (C=O) groups excluding carboxylic acids is 3. The molecule has 1 aliphatic rings. The number of methoxy groups -OCH3 is 1. The molecule has 10 nitrogen and oxygen atoms in total. The van der Waals surface area contributed by atoms with Crippen molar-refractivity contribution in [2.75, 3.05) is 44.4 Å². The van der Waals surface area contributed by atoms with Gasteiger partial charge in [0.05, 0.1) is 53.6 Å². The number of primary amides is 1. The van der Waals surface area contributed by atoms with Gasteiger partial charge in [-0.05, 0) is 55.1 Å². The molecule has 2 atom stereocenters. The van der Waals surface area contributed by atoms with E-state index in [0.717, 1.165) is 24.5 Å². The van der Waals surface area contributed by atoms with E-state index in [-0.39, 0.29) is 58.6 Å². The van der Waals surface area contributed by atoms with E-state index in [0.29, 0.717) is 11.2 Å². The maximum absolute atomic E-state index is 14.8. The second-order valence-corrected chi connectivity index (χ2v) is 12.7. The Morgan fingerprint density at radius 1 is 1.16 bits per heavy atom. The first kappa shape index (κ1) is 39.0. The molecule has 51 heavy (non-hydrogen) atoms. The Bertz CT molecular complexity index is 1810. The molecule has 2 amide bonds. The minimum atomic E-state index is -4.61. The molecule has 0 bridgehead atoms. The number of alkyl halides is 7. The highest BCUT2D eigenvalue weighted by Crippen LogP contribution is 2.40. The van der Waals surface area contributed by atoms with Crippen LogP contribution in [0.3, 0.4) is 0 Å². The number of ether oxygens (including phenoxy) is 2. The van der Waals surface area contributed by atoms with E-state index in [1.54, 1.807) is 7.05 Å². The van der Waals surface area contributed by atoms with E-state index >= 15 is 0 Å². The Morgan fingerprint density at radius 3 is 2.55 bits per heavy atom. The zero-order valence-electron chi connectivity index (χ0n) is 27.3. The van der Waals surface area contributed by atoms with E-state index < -0.39 is 67.3 Å². The lowest BCUT2D eigenvalue weighted by Gasteiger charge is -2.37. The average Bonchev–Trinajstić information content (AvgIpc) is 3.38. The van der Waals surface area contributed by atoms with Gasteiger partial charge in [0, 0.05) is 18.5 Å². The summed E-state index contributed by atoms with van der Waals surface area (Å²) in [5.41, 5.74) is 4.99. The lowest BCUT2D eigenvalue weighted by atomic mass is 10.0. The highest BCUT2D eigenvalue weighted by Gasteiger charge is 2.44. The van der Waals surface area contributed by atoms with Crippen LogP contribution in [0.25, 0.3) is 10.1 Å². The Morgan fingerprint density at radius 2 is 1.90 bits per heavy atom. The van der Waals surface area contributed by atoms with Crippen molar-refractivity contribution < 1.29 is 54.6 Å². The van der Waals surface area contributed by atoms with Crippen LogP contribution < -0.4 is 26.4 Å². The molecule has 2 aromatic carbocycles. The van der Waals surface area contributed by atoms with Crippen LogP contribution in [-0.4, -0.2) is 87.3 Å². The van der Waals surface area contributed by atoms with Crippen molar-refractivity contribution >= 4 is 50.6 Å². The van der Waals surface area contributed by atoms with E-state index in [4.69, 9.17) is 5.73 Å². The van der Waals surface area contributed by atoms with Gasteiger partial charge in [0.15, 0.2) is 0 Å². The summed E-state index contributed by atoms with van der Waals surface area (Å²) < 4.78 is 107. The van der Waals surface area contributed by atoms with Gasteiger partial charge in [-0.3, -0.25) is 9.59 Å². The van der Waals surface area contributed by atoms with Crippen molar-refractivity contribution in [2.45, 2.75) is 56.5 Å². The minimum absolute atomic E-state index is 0.0427. The molecule has 3 aromatic rings. The van der Waals surface area contributed by atoms with Crippen LogP contribution in [0, 0.1) is 11.8 Å². The number of benzene rings is 2. The summed E-state index contributed by atoms with van der Waals surface area (Å²) in [5.74, 6) is -0.681. The first-order valence-electron chi connectivity index (χ1n) is 15.4. The van der Waals surface area contributed by atoms with Gasteiger partial charge in [-0.15, -0.1) is 11.3 Å². The molecule has 0 aliphatic carbocycles. The zero-order chi connectivity index (χ0) is 37.5. The second kappa shape index (κ2) is 16.5. The third kappa shape index (κ3) is 10.6. The molecule has 18 heteroatoms. The lowest BCUT2D eigenvalue weighted by Crippen LogP contribution is -2.53. The summed E-state index contributed by atoms with van der Waals surface area (Å²) >= 11 is 0.911. The zero-order valence-corrected chi connectivity index (χ0v) is 28.1. The van der Waals surface area contributed by atoms with Crippen LogP contribution in [-0.2, 0) is 20.7 Å². The molecule has 2 heterocycles. The number of halogens is 7. The van der Waals surface area contributed by atoms with Crippen molar-refractivity contribution in [1.82, 2.24) is 10.2 Å². The fourth-order valence-corrected chi connectivity index (χ4v) is 6.59. The molecular formula is C33H34F7N5O5S. The number of hydrogen-bond donors (Lipinski definition) is 4. The molecule has 5 N–H and O–H groups in total. The van der Waals surface area contributed by atoms with Crippen molar-refractivity contribution in [3.8, 4) is 17.6 Å². The fourth-order valence-electron chi connectivity index (χ4n) is 5.42. The lowest BCUT2D eigenvalue weighted by molar-refractivity contribution is -0.143. The number of likely N-dealkylation sites (tertiary alicyclic amines) is 1. The number of rotatable bonds is 13. The third-order valence-corrected chi connectivity index (χ3v) is 9.01. The SMILES string of the molecule is COC(=O)C(CCC(N)=O)NC(=O)c1ccc(NCC#Cc2sc3c(NC4CCN(C)CC4(F)F)cccc3c2CC(F)(F)F)c(OC(F)F)c1. The maximum Gasteiger partial charge on any atom is 0.393 e. The Hall–Kier alpha value is -4.76. The van der Waals surface area contributed by atoms with E-state index in [9.17, 15) is 45.1 Å². The van der Waals surface area contributed by atoms with E-state index in [1.165, 1.54) is 35.2 Å². The van der Waals surface area contributed by atoms with Gasteiger partial charge in [-0.2, -0.15) is 22.0 Å². The predicted octanol–water partition coefficient (Wildman–Crippen LogP) is 5.36. The van der Waals surface area contributed by atoms with Gasteiger partial charge in [-0.1, -0.05) is 24.0 Å². The second-order valence-electron chi connectivity index (χ2n) is 11.7. The molecular weight excluding hydrogens is 711 g/mol. The number of nitrogens with zero attached hydrogens (tertiary/aromatic N) is 1. The van der Waals surface area contributed by atoms with Crippen molar-refractivity contribution in [2.24, 2.45) is 5.73 Å². The summed E-state index contributed by atoms with van der Waals surface area (Å²) in [5, 5.41) is 8.12. The number of hydrogen-bond acceptors (Lipinski definition) is 9. The van der Waals surface area contributed by atoms with Gasteiger partial charge in [-0.25, -0.2) is 13.6 Å². The highest BCUT2D eigenvalue weighted by molar-refractivity contribution is 7.20. The average molecular weight is 746 g/mol. The molecule has 1 fully saturated rings. The summed E-state index contributed by atoms with van der Waals surface area (Å²) in [6.45, 7) is -3.64. The summed E-state index contributed by atoms with van der Waals surface area (Å²) in [6.07, 6.45) is -6.25. The van der Waals surface area contributed by atoms with Crippen LogP contribution in [0.1, 0.15) is 40.1 Å². The van der Waals surface area contributed by atoms with E-state index in [2.05, 4.69) is 37.3 Å². The number of nitrogens with one attached hydrogen (secondary N) is 3. The number of nitrogens with two attached hydrogens (primary N) is 1. The summed E-state index contributed by atoms with van der Waals surface area (Å²) in [6, 6.07) is 5.38. The topological polar surface area (TPSA) is 135 Å². The van der Waals surface area contributed by atoms with Crippen LogP contribution in [0.2, 0.25) is 0 Å². The summed E-state index contributed by atoms with van der Waals surface area (Å²) in [4.78, 5) is 37.6. The van der Waals surface area contributed by atoms with Crippen molar-refractivity contribution in [3.05, 3.63) is 52.4 Å². The van der Waals surface area contributed by atoms with Gasteiger partial charge in [0.25, 0.3) is 11.8 Å². The standard InChI is InChI=1S/C33H34F7N5O5S/c1-45-14-12-26(32(36,37)17-45)43-22-6-3-5-19-20(16-33(38,39)40)25(51-28(19)22)7-4-13-42-21-9-8-18(15-24(21)50-31(34)35)29(47)44-23(30(48)49-2)10-11-27(41)46/h3,5-6,8-9,15,23,26,31,42-43H,10-14,16-17H2,1-2H3,(H2,41,46)(H,44,47). The molecule has 1 aromatic heterocycles. The Kier molecular flexibility index (Phi) is 12.6. The normalized spacial score (nSPS) is 16.5. The number of piperidine rings is 1. The number of thiophene rings is 1. The fraction of sp³-hybridized carbons (Fsp3) is 0.424. The van der Waals surface area contributed by atoms with Crippen LogP contribution in [0.15, 0.2) is 36.4 Å². The minimum Gasteiger partial charge on any atom is -0.467 e. The van der Waals surface area contributed by atoms with Crippen LogP contribution in [0.4, 0.5) is 42.1 Å². The molecule has 4 rings (SSSR count). The molecule has 1 saturated heterocycles. The molecule has 0 spiro atoms. The molecule has 0 radical (unpaired) electrons. The number of carbonyl (C=O) groups is 3. The molecule has 2 unspecified atom stereocenters. The first-order valence-corrected chi connectivity index (χ1v) is 16.2. The van der Waals surface area contributed by atoms with Gasteiger partial charge in [0.1, 0.15) is 11.8 Å². The molecule has 0 saturated carbocycles. The first-order chi connectivity index (χ1) is 24.0. The van der Waals surface area contributed by atoms with Gasteiger partial charge >= 0.3 is 18.8 Å². The maximum atomic E-state index is 14.8. The van der Waals surface area contributed by atoms with E-state index in [1.807, 2.05) is 0 Å². The highest BCUT2D eigenvalue weighted by atomic mass is 32.1. The van der Waals surface area contributed by atoms with Crippen molar-refractivity contribution in [3.63, 3.8) is 0 Å². The van der Waals surface area contributed by atoms with Gasteiger partial charge in [0.2, 0.25) is 5.91 Å². The number of amides is 2. The Labute approximate surface area is 291 Å². The quantitative estimate of drug-likeness (QED) is 0.105. The largest absolute Gasteiger partial charge is 0.467 e. The number of fused-ring (bicyclic) bond motifs is 1. The molecule has 1 aliphatic heterocycles. The van der Waals surface area contributed by atoms with Gasteiger partial charge < -0.3 is 36.1 Å². The monoisotopic (exact) mass is 745 g/mol. The number of anilines is 2. The third-order valence-electron chi connectivity index (χ3n) is 7.81. The summed E-state index contributed by atoms with van der Waals surface area (Å²) in [7, 11) is 2.64.